The standard InChI is InChI=1S/C12H12ClFO2/c13-7-1-2-10(12(15)16)8-9-3-5-11(14)6-4-9/h1,3-7,10H,2,8H2,(H,15,16)/b7-1+. The Balaban J connectivity index is 2.67. The zero-order valence-electron chi connectivity index (χ0n) is 8.57. The molecule has 1 aromatic carbocycles. The molecular weight excluding hydrogens is 231 g/mol. The molecule has 2 nitrogen and oxygen atoms in total. The summed E-state index contributed by atoms with van der Waals surface area (Å²) in [6.45, 7) is 0. The van der Waals surface area contributed by atoms with E-state index in [0.29, 0.717) is 12.8 Å². The summed E-state index contributed by atoms with van der Waals surface area (Å²) in [7, 11) is 0. The van der Waals surface area contributed by atoms with Crippen molar-refractivity contribution in [2.24, 2.45) is 5.92 Å². The van der Waals surface area contributed by atoms with Gasteiger partial charge in [0, 0.05) is 5.54 Å². The smallest absolute Gasteiger partial charge is 0.307 e. The normalized spacial score (nSPS) is 12.9. The van der Waals surface area contributed by atoms with Gasteiger partial charge in [-0.25, -0.2) is 4.39 Å². The summed E-state index contributed by atoms with van der Waals surface area (Å²) in [6.07, 6.45) is 2.34. The van der Waals surface area contributed by atoms with Crippen LogP contribution in [0.1, 0.15) is 12.0 Å². The highest BCUT2D eigenvalue weighted by Crippen LogP contribution is 2.14. The molecule has 4 heteroatoms. The molecule has 0 spiro atoms. The number of aliphatic carboxylic acids is 1. The van der Waals surface area contributed by atoms with E-state index in [0.717, 1.165) is 5.56 Å². The van der Waals surface area contributed by atoms with E-state index < -0.39 is 11.9 Å². The van der Waals surface area contributed by atoms with Gasteiger partial charge in [0.05, 0.1) is 5.92 Å². The second-order valence-corrected chi connectivity index (χ2v) is 3.72. The Kier molecular flexibility index (Phi) is 4.99. The molecule has 0 amide bonds. The predicted octanol–water partition coefficient (Wildman–Crippen LogP) is 3.21. The molecule has 0 bridgehead atoms. The van der Waals surface area contributed by atoms with Crippen LogP contribution in [0.5, 0.6) is 0 Å². The third kappa shape index (κ3) is 4.03. The summed E-state index contributed by atoms with van der Waals surface area (Å²) in [6, 6.07) is 5.84. The van der Waals surface area contributed by atoms with E-state index in [-0.39, 0.29) is 5.82 Å². The number of carbonyl (C=O) groups is 1. The summed E-state index contributed by atoms with van der Waals surface area (Å²) in [5.41, 5.74) is 2.11. The number of hydrogen-bond acceptors (Lipinski definition) is 1. The first-order valence-electron chi connectivity index (χ1n) is 4.86. The lowest BCUT2D eigenvalue weighted by molar-refractivity contribution is -0.141. The Hall–Kier alpha value is -1.35. The van der Waals surface area contributed by atoms with Gasteiger partial charge in [0.2, 0.25) is 0 Å². The zero-order chi connectivity index (χ0) is 12.0. The Bertz CT molecular complexity index is 373. The molecule has 86 valence electrons. The van der Waals surface area contributed by atoms with Crippen LogP contribution in [0.15, 0.2) is 35.9 Å². The van der Waals surface area contributed by atoms with Gasteiger partial charge in [-0.05, 0) is 30.5 Å². The molecule has 0 aliphatic heterocycles. The molecule has 0 saturated carbocycles. The molecule has 0 radical (unpaired) electrons. The van der Waals surface area contributed by atoms with Crippen molar-refractivity contribution in [3.63, 3.8) is 0 Å². The summed E-state index contributed by atoms with van der Waals surface area (Å²) >= 11 is 5.35. The highest BCUT2D eigenvalue weighted by atomic mass is 35.5. The summed E-state index contributed by atoms with van der Waals surface area (Å²) in [5.74, 6) is -1.73. The average molecular weight is 243 g/mol. The lowest BCUT2D eigenvalue weighted by Gasteiger charge is -2.09. The largest absolute Gasteiger partial charge is 0.481 e. The van der Waals surface area contributed by atoms with Gasteiger partial charge in [0.25, 0.3) is 0 Å². The highest BCUT2D eigenvalue weighted by molar-refractivity contribution is 6.25. The fourth-order valence-electron chi connectivity index (χ4n) is 1.39. The van der Waals surface area contributed by atoms with Crippen molar-refractivity contribution in [1.82, 2.24) is 0 Å². The van der Waals surface area contributed by atoms with E-state index in [9.17, 15) is 9.18 Å². The second kappa shape index (κ2) is 6.28. The van der Waals surface area contributed by atoms with Crippen molar-refractivity contribution in [1.29, 1.82) is 0 Å². The van der Waals surface area contributed by atoms with E-state index in [2.05, 4.69) is 0 Å². The van der Waals surface area contributed by atoms with Crippen LogP contribution in [0.4, 0.5) is 4.39 Å². The first-order valence-corrected chi connectivity index (χ1v) is 5.29. The molecule has 0 aliphatic rings. The second-order valence-electron chi connectivity index (χ2n) is 3.46. The molecule has 1 unspecified atom stereocenters. The lowest BCUT2D eigenvalue weighted by atomic mass is 9.96. The van der Waals surface area contributed by atoms with Crippen LogP contribution in [0.2, 0.25) is 0 Å². The molecule has 16 heavy (non-hydrogen) atoms. The number of hydrogen-bond donors (Lipinski definition) is 1. The van der Waals surface area contributed by atoms with Crippen LogP contribution < -0.4 is 0 Å². The lowest BCUT2D eigenvalue weighted by Crippen LogP contribution is -2.15. The SMILES string of the molecule is O=C(O)C(C/C=C/Cl)Cc1ccc(F)cc1. The quantitative estimate of drug-likeness (QED) is 0.861. The topological polar surface area (TPSA) is 37.3 Å². The maximum absolute atomic E-state index is 12.6. The fraction of sp³-hybridized carbons (Fsp3) is 0.250. The number of carboxylic acid groups (broad SMARTS) is 1. The summed E-state index contributed by atoms with van der Waals surface area (Å²) in [4.78, 5) is 10.9. The minimum Gasteiger partial charge on any atom is -0.481 e. The van der Waals surface area contributed by atoms with Crippen molar-refractivity contribution in [2.75, 3.05) is 0 Å². The van der Waals surface area contributed by atoms with E-state index >= 15 is 0 Å². The van der Waals surface area contributed by atoms with Crippen molar-refractivity contribution >= 4 is 17.6 Å². The van der Waals surface area contributed by atoms with Crippen LogP contribution in [-0.2, 0) is 11.2 Å². The fourth-order valence-corrected chi connectivity index (χ4v) is 1.50. The van der Waals surface area contributed by atoms with E-state index in [4.69, 9.17) is 16.7 Å². The zero-order valence-corrected chi connectivity index (χ0v) is 9.32. The number of carboxylic acids is 1. The third-order valence-electron chi connectivity index (χ3n) is 2.25. The molecule has 1 atom stereocenters. The van der Waals surface area contributed by atoms with Gasteiger partial charge >= 0.3 is 5.97 Å². The third-order valence-corrected chi connectivity index (χ3v) is 2.43. The first-order chi connectivity index (χ1) is 7.63. The Morgan fingerprint density at radius 1 is 1.44 bits per heavy atom. The number of allylic oxidation sites excluding steroid dienone is 1. The molecule has 0 aromatic heterocycles. The molecule has 1 rings (SSSR count). The van der Waals surface area contributed by atoms with E-state index in [1.165, 1.54) is 17.7 Å². The van der Waals surface area contributed by atoms with Crippen molar-refractivity contribution in [3.05, 3.63) is 47.3 Å². The molecule has 0 heterocycles. The molecular formula is C12H12ClFO2. The Labute approximate surface area is 98.4 Å². The van der Waals surface area contributed by atoms with Crippen molar-refractivity contribution in [3.8, 4) is 0 Å². The van der Waals surface area contributed by atoms with Gasteiger partial charge in [-0.1, -0.05) is 29.8 Å². The first kappa shape index (κ1) is 12.7. The highest BCUT2D eigenvalue weighted by Gasteiger charge is 2.16. The molecule has 1 N–H and O–H groups in total. The van der Waals surface area contributed by atoms with Gasteiger partial charge in [0.15, 0.2) is 0 Å². The predicted molar refractivity (Wildman–Crippen MR) is 60.8 cm³/mol. The molecule has 0 aliphatic carbocycles. The van der Waals surface area contributed by atoms with Crippen LogP contribution >= 0.6 is 11.6 Å². The van der Waals surface area contributed by atoms with Crippen LogP contribution in [0.25, 0.3) is 0 Å². The minimum absolute atomic E-state index is 0.323. The molecule has 1 aromatic rings. The minimum atomic E-state index is -0.876. The van der Waals surface area contributed by atoms with E-state index in [1.54, 1.807) is 18.2 Å². The maximum Gasteiger partial charge on any atom is 0.307 e. The van der Waals surface area contributed by atoms with Crippen LogP contribution in [0, 0.1) is 11.7 Å². The average Bonchev–Trinajstić information content (AvgIpc) is 2.26. The van der Waals surface area contributed by atoms with Crippen LogP contribution in [-0.4, -0.2) is 11.1 Å². The molecule has 0 fully saturated rings. The van der Waals surface area contributed by atoms with Crippen molar-refractivity contribution < 1.29 is 14.3 Å². The number of rotatable bonds is 5. The summed E-state index contributed by atoms with van der Waals surface area (Å²) in [5, 5.41) is 8.96. The van der Waals surface area contributed by atoms with Crippen LogP contribution in [0.3, 0.4) is 0 Å². The van der Waals surface area contributed by atoms with Gasteiger partial charge in [-0.2, -0.15) is 0 Å². The monoisotopic (exact) mass is 242 g/mol. The maximum atomic E-state index is 12.6. The Morgan fingerprint density at radius 3 is 2.56 bits per heavy atom. The summed E-state index contributed by atoms with van der Waals surface area (Å²) < 4.78 is 12.6. The number of benzene rings is 1. The van der Waals surface area contributed by atoms with Gasteiger partial charge in [0.1, 0.15) is 5.82 Å². The van der Waals surface area contributed by atoms with Gasteiger partial charge in [-0.15, -0.1) is 0 Å². The van der Waals surface area contributed by atoms with E-state index in [1.807, 2.05) is 0 Å². The Morgan fingerprint density at radius 2 is 2.06 bits per heavy atom. The van der Waals surface area contributed by atoms with Crippen molar-refractivity contribution in [2.45, 2.75) is 12.8 Å². The molecule has 0 saturated heterocycles. The van der Waals surface area contributed by atoms with Gasteiger partial charge in [-0.3, -0.25) is 4.79 Å². The number of halogens is 2. The van der Waals surface area contributed by atoms with Gasteiger partial charge < -0.3 is 5.11 Å².